The average Bonchev–Trinajstić information content (AvgIpc) is 3.44. The molecule has 0 bridgehead atoms. The molecule has 4 rings (SSSR count). The number of hydrogen-bond acceptors (Lipinski definition) is 7. The van der Waals surface area contributed by atoms with Crippen molar-refractivity contribution in [1.29, 1.82) is 0 Å². The lowest BCUT2D eigenvalue weighted by Gasteiger charge is -2.10. The number of pyridine rings is 1. The van der Waals surface area contributed by atoms with Crippen LogP contribution in [0.4, 0.5) is 0 Å². The monoisotopic (exact) mass is 420 g/mol. The van der Waals surface area contributed by atoms with E-state index in [1.165, 1.54) is 6.20 Å². The Morgan fingerprint density at radius 3 is 2.83 bits per heavy atom. The normalized spacial score (nSPS) is 10.9. The van der Waals surface area contributed by atoms with E-state index in [4.69, 9.17) is 9.72 Å². The molecule has 152 valence electrons. The minimum atomic E-state index is -0.260. The first-order valence-electron chi connectivity index (χ1n) is 9.29. The quantitative estimate of drug-likeness (QED) is 0.493. The lowest BCUT2D eigenvalue weighted by atomic mass is 10.2. The van der Waals surface area contributed by atoms with E-state index in [1.54, 1.807) is 35.5 Å². The van der Waals surface area contributed by atoms with Crippen LogP contribution in [-0.2, 0) is 17.9 Å². The van der Waals surface area contributed by atoms with Crippen molar-refractivity contribution < 1.29 is 9.53 Å². The summed E-state index contributed by atoms with van der Waals surface area (Å²) in [6.45, 7) is 2.48. The maximum Gasteiger partial charge on any atom is 0.255 e. The first-order valence-corrected chi connectivity index (χ1v) is 10.2. The molecular formula is C21H20N6O2S. The summed E-state index contributed by atoms with van der Waals surface area (Å²) in [5, 5.41) is 9.25. The second-order valence-corrected chi connectivity index (χ2v) is 7.48. The topological polar surface area (TPSA) is 94.8 Å². The van der Waals surface area contributed by atoms with Crippen molar-refractivity contribution in [3.05, 3.63) is 76.8 Å². The minimum Gasteiger partial charge on any atom is -0.378 e. The molecular weight excluding hydrogens is 400 g/mol. The second kappa shape index (κ2) is 8.93. The number of nitrogens with zero attached hydrogens (tertiary/aromatic N) is 5. The van der Waals surface area contributed by atoms with Gasteiger partial charge in [0.05, 0.1) is 46.9 Å². The predicted octanol–water partition coefficient (Wildman–Crippen LogP) is 3.17. The third-order valence-corrected chi connectivity index (χ3v) is 5.33. The summed E-state index contributed by atoms with van der Waals surface area (Å²) in [4.78, 5) is 27.2. The molecule has 0 saturated carbocycles. The van der Waals surface area contributed by atoms with Crippen molar-refractivity contribution in [1.82, 2.24) is 30.0 Å². The number of methoxy groups -OCH3 is 1. The number of amides is 1. The number of aryl methyl sites for hydroxylation is 1. The molecule has 8 nitrogen and oxygen atoms in total. The minimum absolute atomic E-state index is 0.192. The Labute approximate surface area is 177 Å². The number of carbonyl (C=O) groups is 1. The molecule has 4 aromatic rings. The molecule has 0 aromatic carbocycles. The Bertz CT molecular complexity index is 1140. The van der Waals surface area contributed by atoms with Crippen molar-refractivity contribution in [2.75, 3.05) is 7.11 Å². The molecule has 0 aliphatic heterocycles. The third-order valence-electron chi connectivity index (χ3n) is 4.45. The summed E-state index contributed by atoms with van der Waals surface area (Å²) < 4.78 is 6.87. The molecule has 0 unspecified atom stereocenters. The lowest BCUT2D eigenvalue weighted by Crippen LogP contribution is -2.24. The molecule has 0 spiro atoms. The van der Waals surface area contributed by atoms with Crippen LogP contribution in [0.1, 0.15) is 27.3 Å². The van der Waals surface area contributed by atoms with Gasteiger partial charge in [-0.15, -0.1) is 11.3 Å². The van der Waals surface area contributed by atoms with Crippen LogP contribution in [-0.4, -0.2) is 37.7 Å². The summed E-state index contributed by atoms with van der Waals surface area (Å²) in [6.07, 6.45) is 4.96. The van der Waals surface area contributed by atoms with Gasteiger partial charge in [0.25, 0.3) is 11.9 Å². The van der Waals surface area contributed by atoms with Gasteiger partial charge in [-0.25, -0.2) is 9.97 Å². The zero-order valence-electron chi connectivity index (χ0n) is 16.6. The van der Waals surface area contributed by atoms with Crippen LogP contribution in [0.25, 0.3) is 16.5 Å². The molecule has 4 aromatic heterocycles. The first-order chi connectivity index (χ1) is 14.7. The van der Waals surface area contributed by atoms with Crippen LogP contribution in [0.15, 0.2) is 54.3 Å². The standard InChI is InChI=1S/C21H20N6O2S/c1-14-10-24-21(26-19(14)18-7-5-9-30-18)27-17(13-29-2)16(12-25-27)20(28)23-11-15-6-3-4-8-22-15/h3-10,12H,11,13H2,1-2H3,(H,23,28). The van der Waals surface area contributed by atoms with E-state index in [9.17, 15) is 4.79 Å². The molecule has 9 heteroatoms. The van der Waals surface area contributed by atoms with Crippen molar-refractivity contribution >= 4 is 17.2 Å². The van der Waals surface area contributed by atoms with Gasteiger partial charge < -0.3 is 10.1 Å². The van der Waals surface area contributed by atoms with E-state index >= 15 is 0 Å². The molecule has 0 aliphatic rings. The highest BCUT2D eigenvalue weighted by molar-refractivity contribution is 7.13. The number of carbonyl (C=O) groups excluding carboxylic acids is 1. The zero-order valence-corrected chi connectivity index (χ0v) is 17.4. The number of hydrogen-bond donors (Lipinski definition) is 1. The number of nitrogens with one attached hydrogen (secondary N) is 1. The van der Waals surface area contributed by atoms with Crippen molar-refractivity contribution in [3.63, 3.8) is 0 Å². The summed E-state index contributed by atoms with van der Waals surface area (Å²) in [6, 6.07) is 9.56. The summed E-state index contributed by atoms with van der Waals surface area (Å²) in [5.74, 6) is 0.129. The SMILES string of the molecule is COCc1c(C(=O)NCc2ccccn2)cnn1-c1ncc(C)c(-c2cccs2)n1. The largest absolute Gasteiger partial charge is 0.378 e. The highest BCUT2D eigenvalue weighted by Crippen LogP contribution is 2.26. The van der Waals surface area contributed by atoms with Gasteiger partial charge in [-0.2, -0.15) is 9.78 Å². The van der Waals surface area contributed by atoms with Crippen LogP contribution in [0.3, 0.4) is 0 Å². The molecule has 30 heavy (non-hydrogen) atoms. The number of aromatic nitrogens is 5. The molecule has 0 aliphatic carbocycles. The van der Waals surface area contributed by atoms with E-state index in [-0.39, 0.29) is 12.5 Å². The van der Waals surface area contributed by atoms with Crippen LogP contribution in [0.5, 0.6) is 0 Å². The maximum absolute atomic E-state index is 12.8. The second-order valence-electron chi connectivity index (χ2n) is 6.53. The fourth-order valence-electron chi connectivity index (χ4n) is 2.98. The molecule has 1 amide bonds. The van der Waals surface area contributed by atoms with Gasteiger partial charge in [-0.3, -0.25) is 9.78 Å². The maximum atomic E-state index is 12.8. The fourth-order valence-corrected chi connectivity index (χ4v) is 3.76. The summed E-state index contributed by atoms with van der Waals surface area (Å²) in [7, 11) is 1.57. The predicted molar refractivity (Wildman–Crippen MR) is 113 cm³/mol. The molecule has 0 atom stereocenters. The highest BCUT2D eigenvalue weighted by atomic mass is 32.1. The smallest absolute Gasteiger partial charge is 0.255 e. The van der Waals surface area contributed by atoms with E-state index < -0.39 is 0 Å². The molecule has 0 fully saturated rings. The van der Waals surface area contributed by atoms with Gasteiger partial charge >= 0.3 is 0 Å². The molecule has 4 heterocycles. The lowest BCUT2D eigenvalue weighted by molar-refractivity contribution is 0.0945. The van der Waals surface area contributed by atoms with E-state index in [0.29, 0.717) is 23.8 Å². The van der Waals surface area contributed by atoms with Crippen LogP contribution in [0, 0.1) is 6.92 Å². The van der Waals surface area contributed by atoms with Crippen LogP contribution >= 0.6 is 11.3 Å². The Balaban J connectivity index is 1.64. The van der Waals surface area contributed by atoms with Gasteiger partial charge in [-0.1, -0.05) is 12.1 Å². The Hall–Kier alpha value is -3.43. The van der Waals surface area contributed by atoms with Crippen molar-refractivity contribution in [2.45, 2.75) is 20.1 Å². The van der Waals surface area contributed by atoms with Crippen LogP contribution in [0.2, 0.25) is 0 Å². The van der Waals surface area contributed by atoms with Crippen molar-refractivity contribution in [3.8, 4) is 16.5 Å². The third kappa shape index (κ3) is 4.12. The number of ether oxygens (including phenoxy) is 1. The van der Waals surface area contributed by atoms with E-state index in [2.05, 4.69) is 20.4 Å². The first kappa shape index (κ1) is 19.9. The van der Waals surface area contributed by atoms with E-state index in [1.807, 2.05) is 42.6 Å². The zero-order chi connectivity index (χ0) is 20.9. The van der Waals surface area contributed by atoms with Gasteiger partial charge in [0, 0.05) is 19.5 Å². The van der Waals surface area contributed by atoms with Crippen molar-refractivity contribution in [2.24, 2.45) is 0 Å². The van der Waals surface area contributed by atoms with Gasteiger partial charge in [0.1, 0.15) is 0 Å². The summed E-state index contributed by atoms with van der Waals surface area (Å²) in [5.41, 5.74) is 3.57. The summed E-state index contributed by atoms with van der Waals surface area (Å²) >= 11 is 1.61. The molecule has 0 saturated heterocycles. The number of rotatable bonds is 7. The number of thiophene rings is 1. The Kier molecular flexibility index (Phi) is 5.92. The fraction of sp³-hybridized carbons (Fsp3) is 0.190. The van der Waals surface area contributed by atoms with Gasteiger partial charge in [0.15, 0.2) is 0 Å². The Morgan fingerprint density at radius 2 is 2.10 bits per heavy atom. The van der Waals surface area contributed by atoms with Crippen LogP contribution < -0.4 is 5.32 Å². The molecule has 1 N–H and O–H groups in total. The average molecular weight is 420 g/mol. The highest BCUT2D eigenvalue weighted by Gasteiger charge is 2.20. The van der Waals surface area contributed by atoms with Gasteiger partial charge in [-0.05, 0) is 36.1 Å². The molecule has 0 radical (unpaired) electrons. The van der Waals surface area contributed by atoms with E-state index in [0.717, 1.165) is 21.8 Å². The van der Waals surface area contributed by atoms with Gasteiger partial charge in [0.2, 0.25) is 0 Å². The Morgan fingerprint density at radius 1 is 1.20 bits per heavy atom.